The standard InChI is InChI=1S/C23H20F5N5O/c1-13-2-4-33-18(9-15-10-29-3-5-34-15)22(31-20(33)6-13)21-16(24)7-14(8-17(21)25)32-11-19(30-12-32)23(26,27)28/h2,4,6-8,11-12,15,29H,3,5,9-10H2,1H3/t15-/m0/s1. The van der Waals surface area contributed by atoms with Crippen LogP contribution in [0.5, 0.6) is 0 Å². The van der Waals surface area contributed by atoms with Crippen LogP contribution >= 0.6 is 0 Å². The van der Waals surface area contributed by atoms with Gasteiger partial charge in [0.2, 0.25) is 0 Å². The third-order valence-corrected chi connectivity index (χ3v) is 5.74. The SMILES string of the molecule is Cc1ccn2c(C[C@H]3CNCCO3)c(-c3c(F)cc(-n4cnc(C(F)(F)F)c4)cc3F)nc2c1. The minimum atomic E-state index is -4.66. The second kappa shape index (κ2) is 8.48. The van der Waals surface area contributed by atoms with Gasteiger partial charge in [0, 0.05) is 31.9 Å². The summed E-state index contributed by atoms with van der Waals surface area (Å²) in [6, 6.07) is 5.62. The second-order valence-corrected chi connectivity index (χ2v) is 8.19. The van der Waals surface area contributed by atoms with Crippen LogP contribution in [0.25, 0.3) is 22.6 Å². The lowest BCUT2D eigenvalue weighted by molar-refractivity contribution is -0.140. The molecule has 5 rings (SSSR count). The molecule has 4 aromatic rings. The minimum absolute atomic E-state index is 0.122. The van der Waals surface area contributed by atoms with Crippen molar-refractivity contribution < 1.29 is 26.7 Å². The molecule has 6 nitrogen and oxygen atoms in total. The fourth-order valence-electron chi connectivity index (χ4n) is 4.10. The van der Waals surface area contributed by atoms with Crippen molar-refractivity contribution in [3.63, 3.8) is 0 Å². The normalized spacial score (nSPS) is 16.9. The van der Waals surface area contributed by atoms with Crippen molar-refractivity contribution in [2.75, 3.05) is 19.7 Å². The number of hydrogen-bond acceptors (Lipinski definition) is 4. The number of fused-ring (bicyclic) bond motifs is 1. The van der Waals surface area contributed by atoms with Gasteiger partial charge in [0.15, 0.2) is 5.69 Å². The molecule has 3 aromatic heterocycles. The van der Waals surface area contributed by atoms with Crippen molar-refractivity contribution in [1.82, 2.24) is 24.3 Å². The molecule has 4 heterocycles. The van der Waals surface area contributed by atoms with Crippen LogP contribution in [-0.2, 0) is 17.3 Å². The van der Waals surface area contributed by atoms with E-state index in [2.05, 4.69) is 15.3 Å². The smallest absolute Gasteiger partial charge is 0.375 e. The molecule has 0 spiro atoms. The molecule has 1 fully saturated rings. The van der Waals surface area contributed by atoms with Crippen molar-refractivity contribution in [2.24, 2.45) is 0 Å². The molecule has 0 amide bonds. The van der Waals surface area contributed by atoms with Crippen molar-refractivity contribution in [1.29, 1.82) is 0 Å². The average molecular weight is 477 g/mol. The van der Waals surface area contributed by atoms with E-state index >= 15 is 8.78 Å². The number of ether oxygens (including phenoxy) is 1. The Kier molecular flexibility index (Phi) is 5.61. The number of benzene rings is 1. The lowest BCUT2D eigenvalue weighted by Crippen LogP contribution is -2.39. The van der Waals surface area contributed by atoms with E-state index in [9.17, 15) is 13.2 Å². The van der Waals surface area contributed by atoms with Crippen LogP contribution in [-0.4, -0.2) is 44.7 Å². The molecule has 0 radical (unpaired) electrons. The van der Waals surface area contributed by atoms with Crippen LogP contribution in [0.4, 0.5) is 22.0 Å². The Morgan fingerprint density at radius 3 is 2.59 bits per heavy atom. The Hall–Kier alpha value is -3.31. The molecule has 1 aromatic carbocycles. The molecule has 11 heteroatoms. The quantitative estimate of drug-likeness (QED) is 0.445. The highest BCUT2D eigenvalue weighted by molar-refractivity contribution is 5.69. The summed E-state index contributed by atoms with van der Waals surface area (Å²) in [5.74, 6) is -1.89. The molecule has 1 atom stereocenters. The third kappa shape index (κ3) is 4.16. The monoisotopic (exact) mass is 477 g/mol. The van der Waals surface area contributed by atoms with Crippen LogP contribution in [0.1, 0.15) is 17.0 Å². The Balaban J connectivity index is 1.60. The summed E-state index contributed by atoms with van der Waals surface area (Å²) in [5, 5.41) is 3.23. The first-order valence-electron chi connectivity index (χ1n) is 10.6. The summed E-state index contributed by atoms with van der Waals surface area (Å²) < 4.78 is 77.7. The topological polar surface area (TPSA) is 56.4 Å². The van der Waals surface area contributed by atoms with Gasteiger partial charge in [0.05, 0.1) is 41.7 Å². The highest BCUT2D eigenvalue weighted by Gasteiger charge is 2.34. The Bertz CT molecular complexity index is 1330. The molecule has 0 aliphatic carbocycles. The molecule has 178 valence electrons. The highest BCUT2D eigenvalue weighted by Crippen LogP contribution is 2.33. The zero-order valence-electron chi connectivity index (χ0n) is 18.0. The zero-order chi connectivity index (χ0) is 24.0. The van der Waals surface area contributed by atoms with Crippen LogP contribution in [0.2, 0.25) is 0 Å². The van der Waals surface area contributed by atoms with Crippen molar-refractivity contribution in [2.45, 2.75) is 25.6 Å². The Labute approximate surface area is 191 Å². The number of alkyl halides is 3. The minimum Gasteiger partial charge on any atom is -0.375 e. The number of nitrogens with zero attached hydrogens (tertiary/aromatic N) is 4. The fourth-order valence-corrected chi connectivity index (χ4v) is 4.10. The van der Waals surface area contributed by atoms with Gasteiger partial charge >= 0.3 is 6.18 Å². The fraction of sp³-hybridized carbons (Fsp3) is 0.304. The van der Waals surface area contributed by atoms with E-state index in [1.165, 1.54) is 0 Å². The molecular formula is C23H20F5N5O. The molecule has 0 saturated carbocycles. The van der Waals surface area contributed by atoms with E-state index in [1.807, 2.05) is 13.0 Å². The van der Waals surface area contributed by atoms with Gasteiger partial charge in [-0.2, -0.15) is 13.2 Å². The van der Waals surface area contributed by atoms with Crippen LogP contribution < -0.4 is 5.32 Å². The van der Waals surface area contributed by atoms with Gasteiger partial charge in [-0.25, -0.2) is 18.7 Å². The van der Waals surface area contributed by atoms with E-state index in [1.54, 1.807) is 16.7 Å². The van der Waals surface area contributed by atoms with Gasteiger partial charge in [-0.15, -0.1) is 0 Å². The van der Waals surface area contributed by atoms with Gasteiger partial charge in [0.1, 0.15) is 17.3 Å². The Morgan fingerprint density at radius 2 is 1.94 bits per heavy atom. The van der Waals surface area contributed by atoms with E-state index in [4.69, 9.17) is 4.74 Å². The van der Waals surface area contributed by atoms with Crippen LogP contribution in [0.15, 0.2) is 43.0 Å². The number of imidazole rings is 2. The lowest BCUT2D eigenvalue weighted by Gasteiger charge is -2.24. The molecule has 1 saturated heterocycles. The predicted molar refractivity (Wildman–Crippen MR) is 114 cm³/mol. The largest absolute Gasteiger partial charge is 0.434 e. The maximum atomic E-state index is 15.3. The van der Waals surface area contributed by atoms with Gasteiger partial charge in [-0.1, -0.05) is 0 Å². The molecule has 1 aliphatic heterocycles. The number of morpholine rings is 1. The summed E-state index contributed by atoms with van der Waals surface area (Å²) in [5.41, 5.74) is 0.544. The number of aromatic nitrogens is 4. The second-order valence-electron chi connectivity index (χ2n) is 8.19. The van der Waals surface area contributed by atoms with E-state index in [0.29, 0.717) is 37.1 Å². The van der Waals surface area contributed by atoms with Gasteiger partial charge < -0.3 is 19.0 Å². The van der Waals surface area contributed by atoms with Crippen molar-refractivity contribution >= 4 is 5.65 Å². The van der Waals surface area contributed by atoms with E-state index in [-0.39, 0.29) is 23.0 Å². The number of hydrogen-bond donors (Lipinski definition) is 1. The summed E-state index contributed by atoms with van der Waals surface area (Å²) >= 11 is 0. The van der Waals surface area contributed by atoms with Crippen molar-refractivity contribution in [3.05, 3.63) is 71.6 Å². The first-order chi connectivity index (χ1) is 16.2. The average Bonchev–Trinajstić information content (AvgIpc) is 3.40. The summed E-state index contributed by atoms with van der Waals surface area (Å²) in [6.07, 6.45) is -1.16. The number of nitrogens with one attached hydrogen (secondary N) is 1. The third-order valence-electron chi connectivity index (χ3n) is 5.74. The molecule has 0 bridgehead atoms. The van der Waals surface area contributed by atoms with Gasteiger partial charge in [0.25, 0.3) is 0 Å². The molecular weight excluding hydrogens is 457 g/mol. The molecule has 0 unspecified atom stereocenters. The maximum Gasteiger partial charge on any atom is 0.434 e. The number of aryl methyl sites for hydroxylation is 1. The van der Waals surface area contributed by atoms with Crippen LogP contribution in [0, 0.1) is 18.6 Å². The van der Waals surface area contributed by atoms with E-state index < -0.39 is 23.5 Å². The number of halogens is 5. The van der Waals surface area contributed by atoms with E-state index in [0.717, 1.165) is 35.1 Å². The lowest BCUT2D eigenvalue weighted by atomic mass is 10.0. The first kappa shape index (κ1) is 22.5. The van der Waals surface area contributed by atoms with Gasteiger partial charge in [-0.05, 0) is 36.8 Å². The number of pyridine rings is 1. The highest BCUT2D eigenvalue weighted by atomic mass is 19.4. The zero-order valence-corrected chi connectivity index (χ0v) is 18.0. The number of rotatable bonds is 4. The van der Waals surface area contributed by atoms with Crippen LogP contribution in [0.3, 0.4) is 0 Å². The van der Waals surface area contributed by atoms with Crippen molar-refractivity contribution in [3.8, 4) is 16.9 Å². The summed E-state index contributed by atoms with van der Waals surface area (Å²) in [4.78, 5) is 7.79. The summed E-state index contributed by atoms with van der Waals surface area (Å²) in [7, 11) is 0. The predicted octanol–water partition coefficient (Wildman–Crippen LogP) is 4.32. The summed E-state index contributed by atoms with van der Waals surface area (Å²) in [6.45, 7) is 3.73. The Morgan fingerprint density at radius 1 is 1.18 bits per heavy atom. The molecule has 34 heavy (non-hydrogen) atoms. The first-order valence-corrected chi connectivity index (χ1v) is 10.6. The molecule has 1 aliphatic rings. The maximum absolute atomic E-state index is 15.3. The van der Waals surface area contributed by atoms with Gasteiger partial charge in [-0.3, -0.25) is 0 Å². The molecule has 1 N–H and O–H groups in total.